The second kappa shape index (κ2) is 7.92. The average molecular weight is 342 g/mol. The van der Waals surface area contributed by atoms with Crippen molar-refractivity contribution >= 4 is 17.6 Å². The van der Waals surface area contributed by atoms with Gasteiger partial charge in [0.1, 0.15) is 5.76 Å². The fraction of sp³-hybridized carbons (Fsp3) is 0.444. The number of carbonyl (C=O) groups is 2. The van der Waals surface area contributed by atoms with Crippen LogP contribution in [0.25, 0.3) is 0 Å². The van der Waals surface area contributed by atoms with Crippen molar-refractivity contribution in [1.82, 2.24) is 15.5 Å². The van der Waals surface area contributed by atoms with Crippen LogP contribution >= 0.6 is 0 Å². The van der Waals surface area contributed by atoms with Crippen LogP contribution in [0.5, 0.6) is 0 Å². The van der Waals surface area contributed by atoms with Crippen LogP contribution in [0.2, 0.25) is 0 Å². The zero-order chi connectivity index (χ0) is 17.6. The Morgan fingerprint density at radius 2 is 1.72 bits per heavy atom. The first-order valence-electron chi connectivity index (χ1n) is 8.62. The zero-order valence-corrected chi connectivity index (χ0v) is 14.2. The second-order valence-electron chi connectivity index (χ2n) is 6.40. The van der Waals surface area contributed by atoms with E-state index in [9.17, 15) is 9.59 Å². The molecule has 0 aliphatic heterocycles. The van der Waals surface area contributed by atoms with Gasteiger partial charge in [-0.15, -0.1) is 0 Å². The molecule has 2 amide bonds. The maximum absolute atomic E-state index is 12.5. The highest BCUT2D eigenvalue weighted by Gasteiger charge is 2.17. The summed E-state index contributed by atoms with van der Waals surface area (Å²) in [6, 6.07) is 3.36. The van der Waals surface area contributed by atoms with E-state index in [1.54, 1.807) is 19.1 Å². The molecule has 0 atom stereocenters. The van der Waals surface area contributed by atoms with Crippen molar-refractivity contribution in [2.75, 3.05) is 5.32 Å². The molecule has 0 saturated heterocycles. The monoisotopic (exact) mass is 342 g/mol. The molecular weight excluding hydrogens is 320 g/mol. The lowest BCUT2D eigenvalue weighted by Gasteiger charge is -2.16. The quantitative estimate of drug-likeness (QED) is 0.832. The van der Waals surface area contributed by atoms with E-state index in [4.69, 9.17) is 4.52 Å². The van der Waals surface area contributed by atoms with Gasteiger partial charge in [-0.1, -0.05) is 30.8 Å². The summed E-state index contributed by atoms with van der Waals surface area (Å²) in [6.45, 7) is 1.74. The fourth-order valence-corrected chi connectivity index (χ4v) is 2.99. The average Bonchev–Trinajstić information content (AvgIpc) is 2.85. The Bertz CT molecular complexity index is 748. The van der Waals surface area contributed by atoms with Crippen molar-refractivity contribution < 1.29 is 14.1 Å². The van der Waals surface area contributed by atoms with E-state index in [1.165, 1.54) is 25.2 Å². The largest absolute Gasteiger partial charge is 0.360 e. The van der Waals surface area contributed by atoms with Gasteiger partial charge in [0.2, 0.25) is 0 Å². The van der Waals surface area contributed by atoms with Gasteiger partial charge in [-0.05, 0) is 25.8 Å². The third-order valence-electron chi connectivity index (χ3n) is 4.32. The molecule has 2 N–H and O–H groups in total. The number of nitrogens with one attached hydrogen (secondary N) is 2. The molecule has 25 heavy (non-hydrogen) atoms. The first-order valence-corrected chi connectivity index (χ1v) is 8.62. The fourth-order valence-electron chi connectivity index (χ4n) is 2.99. The van der Waals surface area contributed by atoms with Crippen LogP contribution in [-0.4, -0.2) is 28.0 Å². The van der Waals surface area contributed by atoms with E-state index in [0.29, 0.717) is 22.7 Å². The molecule has 7 nitrogen and oxygen atoms in total. The summed E-state index contributed by atoms with van der Waals surface area (Å²) >= 11 is 0. The number of carbonyl (C=O) groups excluding carboxylic acids is 2. The van der Waals surface area contributed by atoms with E-state index >= 15 is 0 Å². The van der Waals surface area contributed by atoms with Gasteiger partial charge in [0.15, 0.2) is 5.82 Å². The van der Waals surface area contributed by atoms with Gasteiger partial charge >= 0.3 is 0 Å². The number of hydrogen-bond acceptors (Lipinski definition) is 5. The van der Waals surface area contributed by atoms with Crippen LogP contribution in [0.15, 0.2) is 29.0 Å². The molecule has 132 valence electrons. The highest BCUT2D eigenvalue weighted by molar-refractivity contribution is 6.05. The summed E-state index contributed by atoms with van der Waals surface area (Å²) in [7, 11) is 0. The minimum absolute atomic E-state index is 0.189. The highest BCUT2D eigenvalue weighted by Crippen LogP contribution is 2.18. The maximum atomic E-state index is 12.5. The lowest BCUT2D eigenvalue weighted by molar-refractivity contribution is 0.0933. The Morgan fingerprint density at radius 3 is 2.36 bits per heavy atom. The molecule has 0 radical (unpaired) electrons. The van der Waals surface area contributed by atoms with Crippen molar-refractivity contribution in [3.63, 3.8) is 0 Å². The summed E-state index contributed by atoms with van der Waals surface area (Å²) in [5.41, 5.74) is 0.683. The maximum Gasteiger partial charge on any atom is 0.258 e. The predicted octanol–water partition coefficient (Wildman–Crippen LogP) is 3.08. The second-order valence-corrected chi connectivity index (χ2v) is 6.40. The third-order valence-corrected chi connectivity index (χ3v) is 4.32. The number of amides is 2. The van der Waals surface area contributed by atoms with Crippen molar-refractivity contribution in [3.05, 3.63) is 41.4 Å². The van der Waals surface area contributed by atoms with E-state index in [2.05, 4.69) is 20.8 Å². The lowest BCUT2D eigenvalue weighted by atomic mass is 10.1. The number of anilines is 1. The number of nitrogens with zero attached hydrogens (tertiary/aromatic N) is 2. The Balaban J connectivity index is 1.65. The Kier molecular flexibility index (Phi) is 5.42. The molecule has 2 aromatic rings. The number of pyridine rings is 1. The van der Waals surface area contributed by atoms with Gasteiger partial charge in [0.05, 0.1) is 11.1 Å². The van der Waals surface area contributed by atoms with Gasteiger partial charge < -0.3 is 15.2 Å². The van der Waals surface area contributed by atoms with E-state index in [0.717, 1.165) is 25.7 Å². The third kappa shape index (κ3) is 4.65. The van der Waals surface area contributed by atoms with E-state index in [-0.39, 0.29) is 17.9 Å². The van der Waals surface area contributed by atoms with Crippen molar-refractivity contribution in [3.8, 4) is 0 Å². The van der Waals surface area contributed by atoms with Crippen LogP contribution in [-0.2, 0) is 0 Å². The summed E-state index contributed by atoms with van der Waals surface area (Å²) in [6.07, 6.45) is 9.64. The van der Waals surface area contributed by atoms with Crippen molar-refractivity contribution in [2.24, 2.45) is 0 Å². The minimum Gasteiger partial charge on any atom is -0.360 e. The number of aryl methyl sites for hydroxylation is 1. The van der Waals surface area contributed by atoms with E-state index < -0.39 is 0 Å². The SMILES string of the molecule is Cc1cc(NC(=O)c2cncc(C(=O)NC3CCCCCC3)c2)no1. The molecular formula is C18H22N4O3. The number of hydrogen-bond donors (Lipinski definition) is 2. The summed E-state index contributed by atoms with van der Waals surface area (Å²) in [5, 5.41) is 9.39. The van der Waals surface area contributed by atoms with Crippen LogP contribution < -0.4 is 10.6 Å². The molecule has 1 saturated carbocycles. The van der Waals surface area contributed by atoms with Gasteiger partial charge in [0, 0.05) is 24.5 Å². The van der Waals surface area contributed by atoms with Gasteiger partial charge in [-0.25, -0.2) is 0 Å². The first kappa shape index (κ1) is 17.1. The van der Waals surface area contributed by atoms with Gasteiger partial charge in [-0.3, -0.25) is 14.6 Å². The lowest BCUT2D eigenvalue weighted by Crippen LogP contribution is -2.34. The molecule has 1 fully saturated rings. The molecule has 0 unspecified atom stereocenters. The Labute approximate surface area is 146 Å². The van der Waals surface area contributed by atoms with Crippen molar-refractivity contribution in [2.45, 2.75) is 51.5 Å². The molecule has 2 heterocycles. The Morgan fingerprint density at radius 1 is 1.04 bits per heavy atom. The van der Waals surface area contributed by atoms with Crippen LogP contribution in [0.4, 0.5) is 5.82 Å². The molecule has 3 rings (SSSR count). The predicted molar refractivity (Wildman–Crippen MR) is 92.4 cm³/mol. The number of aromatic nitrogens is 2. The molecule has 2 aromatic heterocycles. The molecule has 1 aliphatic rings. The molecule has 0 spiro atoms. The summed E-state index contributed by atoms with van der Waals surface area (Å²) in [5.74, 6) is 0.358. The van der Waals surface area contributed by atoms with Crippen LogP contribution in [0.3, 0.4) is 0 Å². The Hall–Kier alpha value is -2.70. The minimum atomic E-state index is -0.384. The first-order chi connectivity index (χ1) is 12.1. The smallest absolute Gasteiger partial charge is 0.258 e. The van der Waals surface area contributed by atoms with Crippen LogP contribution in [0, 0.1) is 6.92 Å². The van der Waals surface area contributed by atoms with Crippen molar-refractivity contribution in [1.29, 1.82) is 0 Å². The molecule has 0 aromatic carbocycles. The van der Waals surface area contributed by atoms with Gasteiger partial charge in [0.25, 0.3) is 11.8 Å². The highest BCUT2D eigenvalue weighted by atomic mass is 16.5. The topological polar surface area (TPSA) is 97.1 Å². The molecule has 0 bridgehead atoms. The van der Waals surface area contributed by atoms with Crippen LogP contribution in [0.1, 0.15) is 65.0 Å². The van der Waals surface area contributed by atoms with E-state index in [1.807, 2.05) is 0 Å². The standard InChI is InChI=1S/C18H22N4O3/c1-12-8-16(22-25-12)21-18(24)14-9-13(10-19-11-14)17(23)20-15-6-4-2-3-5-7-15/h8-11,15H,2-7H2,1H3,(H,20,23)(H,21,22,24). The molecule has 1 aliphatic carbocycles. The normalized spacial score (nSPS) is 15.4. The summed E-state index contributed by atoms with van der Waals surface area (Å²) < 4.78 is 4.91. The van der Waals surface area contributed by atoms with Gasteiger partial charge in [-0.2, -0.15) is 0 Å². The summed E-state index contributed by atoms with van der Waals surface area (Å²) in [4.78, 5) is 28.7. The number of rotatable bonds is 4. The molecule has 7 heteroatoms. The zero-order valence-electron chi connectivity index (χ0n) is 14.2.